The fraction of sp³-hybridized carbons (Fsp3) is 0.529. The summed E-state index contributed by atoms with van der Waals surface area (Å²) in [4.78, 5) is 19.1. The predicted molar refractivity (Wildman–Crippen MR) is 84.8 cm³/mol. The van der Waals surface area contributed by atoms with Gasteiger partial charge in [-0.2, -0.15) is 0 Å². The maximum absolute atomic E-state index is 12.4. The number of aryl methyl sites for hydroxylation is 2. The number of fused-ring (bicyclic) bond motifs is 1. The zero-order valence-electron chi connectivity index (χ0n) is 13.9. The maximum Gasteiger partial charge on any atom is 0.316 e. The first-order valence-electron chi connectivity index (χ1n) is 8.10. The standard InChI is InChI=1S/C17H23N3O3/c1-4-20-11-18-15-10-19(8-13-7-6-12(3)23-13)9-14(16(15)20)17(21)22-5-2/h6-7,11,14H,4-5,8-10H2,1-3H3. The number of imidazole rings is 1. The quantitative estimate of drug-likeness (QED) is 0.793. The average molecular weight is 317 g/mol. The number of ether oxygens (including phenoxy) is 1. The number of rotatable bonds is 5. The molecule has 2 aromatic heterocycles. The van der Waals surface area contributed by atoms with Crippen molar-refractivity contribution >= 4 is 5.97 Å². The third kappa shape index (κ3) is 3.17. The number of carbonyl (C=O) groups excluding carboxylic acids is 1. The van der Waals surface area contributed by atoms with Gasteiger partial charge in [-0.1, -0.05) is 0 Å². The molecule has 0 N–H and O–H groups in total. The Morgan fingerprint density at radius 3 is 2.91 bits per heavy atom. The third-order valence-electron chi connectivity index (χ3n) is 4.19. The lowest BCUT2D eigenvalue weighted by atomic mass is 9.98. The van der Waals surface area contributed by atoms with Crippen molar-refractivity contribution in [3.05, 3.63) is 41.4 Å². The van der Waals surface area contributed by atoms with Crippen LogP contribution in [0.5, 0.6) is 0 Å². The zero-order chi connectivity index (χ0) is 16.4. The SMILES string of the molecule is CCOC(=O)C1CN(Cc2ccc(C)o2)Cc2ncn(CC)c21. The van der Waals surface area contributed by atoms with E-state index in [0.717, 1.165) is 36.0 Å². The van der Waals surface area contributed by atoms with Crippen LogP contribution in [0, 0.1) is 6.92 Å². The molecule has 0 saturated carbocycles. The topological polar surface area (TPSA) is 60.5 Å². The van der Waals surface area contributed by atoms with Crippen LogP contribution in [-0.4, -0.2) is 33.6 Å². The van der Waals surface area contributed by atoms with Crippen molar-refractivity contribution in [2.75, 3.05) is 13.2 Å². The Kier molecular flexibility index (Phi) is 4.52. The van der Waals surface area contributed by atoms with Gasteiger partial charge in [0.25, 0.3) is 0 Å². The molecular weight excluding hydrogens is 294 g/mol. The number of aromatic nitrogens is 2. The summed E-state index contributed by atoms with van der Waals surface area (Å²) in [6.07, 6.45) is 1.82. The number of furan rings is 1. The second kappa shape index (κ2) is 6.58. The highest BCUT2D eigenvalue weighted by molar-refractivity contribution is 5.78. The van der Waals surface area contributed by atoms with Crippen molar-refractivity contribution in [1.29, 1.82) is 0 Å². The largest absolute Gasteiger partial charge is 0.465 e. The first kappa shape index (κ1) is 15.8. The molecule has 6 nitrogen and oxygen atoms in total. The van der Waals surface area contributed by atoms with Crippen LogP contribution >= 0.6 is 0 Å². The van der Waals surface area contributed by atoms with Gasteiger partial charge in [0.05, 0.1) is 30.9 Å². The molecule has 0 saturated heterocycles. The summed E-state index contributed by atoms with van der Waals surface area (Å²) in [6.45, 7) is 9.03. The number of nitrogens with zero attached hydrogens (tertiary/aromatic N) is 3. The highest BCUT2D eigenvalue weighted by Crippen LogP contribution is 2.30. The lowest BCUT2D eigenvalue weighted by Crippen LogP contribution is -2.38. The molecule has 1 atom stereocenters. The number of hydrogen-bond acceptors (Lipinski definition) is 5. The van der Waals surface area contributed by atoms with E-state index in [4.69, 9.17) is 9.15 Å². The minimum atomic E-state index is -0.294. The van der Waals surface area contributed by atoms with E-state index in [-0.39, 0.29) is 11.9 Å². The lowest BCUT2D eigenvalue weighted by Gasteiger charge is -2.31. The van der Waals surface area contributed by atoms with Crippen molar-refractivity contribution in [3.8, 4) is 0 Å². The normalized spacial score (nSPS) is 18.0. The zero-order valence-corrected chi connectivity index (χ0v) is 13.9. The Hall–Kier alpha value is -2.08. The second-order valence-corrected chi connectivity index (χ2v) is 5.85. The van der Waals surface area contributed by atoms with Gasteiger partial charge in [0, 0.05) is 19.6 Å². The lowest BCUT2D eigenvalue weighted by molar-refractivity contribution is -0.146. The summed E-state index contributed by atoms with van der Waals surface area (Å²) in [7, 11) is 0. The predicted octanol–water partition coefficient (Wildman–Crippen LogP) is 2.47. The van der Waals surface area contributed by atoms with Gasteiger partial charge in [0.15, 0.2) is 0 Å². The molecule has 1 unspecified atom stereocenters. The molecule has 3 heterocycles. The molecule has 23 heavy (non-hydrogen) atoms. The van der Waals surface area contributed by atoms with Gasteiger partial charge in [-0.25, -0.2) is 4.98 Å². The van der Waals surface area contributed by atoms with Gasteiger partial charge in [-0.3, -0.25) is 9.69 Å². The van der Waals surface area contributed by atoms with E-state index in [0.29, 0.717) is 19.7 Å². The van der Waals surface area contributed by atoms with Gasteiger partial charge >= 0.3 is 5.97 Å². The number of carbonyl (C=O) groups is 1. The molecule has 124 valence electrons. The van der Waals surface area contributed by atoms with E-state index in [1.54, 1.807) is 0 Å². The van der Waals surface area contributed by atoms with Crippen LogP contribution in [0.1, 0.15) is 42.7 Å². The van der Waals surface area contributed by atoms with Crippen molar-refractivity contribution in [2.45, 2.75) is 46.3 Å². The molecule has 6 heteroatoms. The van der Waals surface area contributed by atoms with Crippen LogP contribution < -0.4 is 0 Å². The second-order valence-electron chi connectivity index (χ2n) is 5.85. The molecule has 0 amide bonds. The van der Waals surface area contributed by atoms with Gasteiger partial charge < -0.3 is 13.7 Å². The Labute approximate surface area is 136 Å². The molecule has 0 spiro atoms. The van der Waals surface area contributed by atoms with Crippen LogP contribution in [-0.2, 0) is 29.2 Å². The molecular formula is C17H23N3O3. The smallest absolute Gasteiger partial charge is 0.316 e. The Bertz CT molecular complexity index is 689. The van der Waals surface area contributed by atoms with Crippen molar-refractivity contribution in [3.63, 3.8) is 0 Å². The number of esters is 1. The summed E-state index contributed by atoms with van der Waals surface area (Å²) < 4.78 is 13.0. The highest BCUT2D eigenvalue weighted by Gasteiger charge is 2.35. The Morgan fingerprint density at radius 2 is 2.26 bits per heavy atom. The molecule has 2 aromatic rings. The van der Waals surface area contributed by atoms with Crippen LogP contribution in [0.25, 0.3) is 0 Å². The van der Waals surface area contributed by atoms with Gasteiger partial charge in [-0.05, 0) is 32.9 Å². The Balaban J connectivity index is 1.85. The molecule has 3 rings (SSSR count). The van der Waals surface area contributed by atoms with Crippen LogP contribution in [0.4, 0.5) is 0 Å². The monoisotopic (exact) mass is 317 g/mol. The number of hydrogen-bond donors (Lipinski definition) is 0. The Morgan fingerprint density at radius 1 is 1.43 bits per heavy atom. The van der Waals surface area contributed by atoms with Gasteiger partial charge in [-0.15, -0.1) is 0 Å². The van der Waals surface area contributed by atoms with Crippen LogP contribution in [0.3, 0.4) is 0 Å². The van der Waals surface area contributed by atoms with Crippen molar-refractivity contribution < 1.29 is 13.9 Å². The first-order chi connectivity index (χ1) is 11.1. The average Bonchev–Trinajstić information content (AvgIpc) is 3.12. The third-order valence-corrected chi connectivity index (χ3v) is 4.19. The fourth-order valence-electron chi connectivity index (χ4n) is 3.17. The van der Waals surface area contributed by atoms with Crippen molar-refractivity contribution in [1.82, 2.24) is 14.5 Å². The van der Waals surface area contributed by atoms with E-state index in [9.17, 15) is 4.79 Å². The first-order valence-corrected chi connectivity index (χ1v) is 8.10. The minimum Gasteiger partial charge on any atom is -0.465 e. The summed E-state index contributed by atoms with van der Waals surface area (Å²) in [6, 6.07) is 3.94. The molecule has 0 fully saturated rings. The van der Waals surface area contributed by atoms with E-state index >= 15 is 0 Å². The summed E-state index contributed by atoms with van der Waals surface area (Å²) in [5, 5.41) is 0. The molecule has 0 bridgehead atoms. The molecule has 1 aliphatic heterocycles. The van der Waals surface area contributed by atoms with Gasteiger partial charge in [0.2, 0.25) is 0 Å². The van der Waals surface area contributed by atoms with Crippen LogP contribution in [0.2, 0.25) is 0 Å². The molecule has 0 radical (unpaired) electrons. The molecule has 0 aliphatic carbocycles. The van der Waals surface area contributed by atoms with E-state index in [1.165, 1.54) is 0 Å². The maximum atomic E-state index is 12.4. The molecule has 0 aromatic carbocycles. The van der Waals surface area contributed by atoms with E-state index in [2.05, 4.69) is 16.8 Å². The van der Waals surface area contributed by atoms with Crippen molar-refractivity contribution in [2.24, 2.45) is 0 Å². The highest BCUT2D eigenvalue weighted by atomic mass is 16.5. The minimum absolute atomic E-state index is 0.177. The summed E-state index contributed by atoms with van der Waals surface area (Å²) >= 11 is 0. The van der Waals surface area contributed by atoms with Crippen LogP contribution in [0.15, 0.2) is 22.9 Å². The fourth-order valence-corrected chi connectivity index (χ4v) is 3.17. The van der Waals surface area contributed by atoms with E-state index in [1.807, 2.05) is 36.9 Å². The molecule has 1 aliphatic rings. The summed E-state index contributed by atoms with van der Waals surface area (Å²) in [5.41, 5.74) is 1.96. The van der Waals surface area contributed by atoms with E-state index < -0.39 is 0 Å². The summed E-state index contributed by atoms with van der Waals surface area (Å²) in [5.74, 6) is 1.33. The van der Waals surface area contributed by atoms with Gasteiger partial charge in [0.1, 0.15) is 17.4 Å².